The van der Waals surface area contributed by atoms with Crippen molar-refractivity contribution in [2.75, 3.05) is 53.4 Å². The number of rotatable bonds is 7. The van der Waals surface area contributed by atoms with Crippen molar-refractivity contribution in [2.45, 2.75) is 31.2 Å². The van der Waals surface area contributed by atoms with Gasteiger partial charge in [0.05, 0.1) is 4.90 Å². The summed E-state index contributed by atoms with van der Waals surface area (Å²) in [5.74, 6) is -0.258. The highest BCUT2D eigenvalue weighted by Crippen LogP contribution is 2.18. The molecule has 0 saturated carbocycles. The second-order valence-electron chi connectivity index (χ2n) is 7.73. The van der Waals surface area contributed by atoms with Crippen LogP contribution < -0.4 is 5.32 Å². The lowest BCUT2D eigenvalue weighted by Crippen LogP contribution is -2.58. The van der Waals surface area contributed by atoms with Gasteiger partial charge in [-0.1, -0.05) is 13.0 Å². The van der Waals surface area contributed by atoms with Crippen molar-refractivity contribution < 1.29 is 13.2 Å². The minimum atomic E-state index is -3.56. The lowest BCUT2D eigenvalue weighted by Gasteiger charge is -2.44. The average molecular weight is 397 g/mol. The van der Waals surface area contributed by atoms with Crippen molar-refractivity contribution in [2.24, 2.45) is 0 Å². The third-order valence-corrected chi connectivity index (χ3v) is 7.04. The van der Waals surface area contributed by atoms with Gasteiger partial charge < -0.3 is 10.2 Å². The standard InChI is InChI=1S/C19H32N4O3S/c1-6-22-10-12-23(13-11-22)19(2,3)15-20-18(24)16-8-7-9-17(14-16)27(25,26)21(4)5/h7-9,14H,6,10-13,15H2,1-5H3,(H,20,24). The quantitative estimate of drug-likeness (QED) is 0.747. The Labute approximate surface area is 163 Å². The van der Waals surface area contributed by atoms with Crippen LogP contribution in [0.4, 0.5) is 0 Å². The van der Waals surface area contributed by atoms with E-state index in [1.54, 1.807) is 12.1 Å². The molecule has 0 unspecified atom stereocenters. The summed E-state index contributed by atoms with van der Waals surface area (Å²) >= 11 is 0. The zero-order valence-electron chi connectivity index (χ0n) is 17.0. The van der Waals surface area contributed by atoms with Crippen LogP contribution in [0.1, 0.15) is 31.1 Å². The molecule has 0 bridgehead atoms. The molecule has 1 aromatic rings. The summed E-state index contributed by atoms with van der Waals surface area (Å²) in [6.45, 7) is 12.0. The molecule has 1 amide bonds. The first-order chi connectivity index (χ1) is 12.6. The van der Waals surface area contributed by atoms with Gasteiger partial charge in [-0.3, -0.25) is 9.69 Å². The third kappa shape index (κ3) is 5.28. The first-order valence-electron chi connectivity index (χ1n) is 9.36. The third-order valence-electron chi connectivity index (χ3n) is 5.23. The smallest absolute Gasteiger partial charge is 0.251 e. The Bertz CT molecular complexity index is 754. The van der Waals surface area contributed by atoms with E-state index in [1.807, 2.05) is 0 Å². The van der Waals surface area contributed by atoms with Crippen LogP contribution in [0.15, 0.2) is 29.2 Å². The molecule has 1 heterocycles. The van der Waals surface area contributed by atoms with E-state index in [1.165, 1.54) is 26.2 Å². The Morgan fingerprint density at radius 2 is 1.81 bits per heavy atom. The molecule has 27 heavy (non-hydrogen) atoms. The monoisotopic (exact) mass is 396 g/mol. The van der Waals surface area contributed by atoms with Gasteiger partial charge in [0.25, 0.3) is 5.91 Å². The summed E-state index contributed by atoms with van der Waals surface area (Å²) in [5, 5.41) is 2.97. The molecular weight excluding hydrogens is 364 g/mol. The molecule has 0 atom stereocenters. The fourth-order valence-electron chi connectivity index (χ4n) is 3.19. The summed E-state index contributed by atoms with van der Waals surface area (Å²) in [5.41, 5.74) is 0.188. The maximum Gasteiger partial charge on any atom is 0.251 e. The van der Waals surface area contributed by atoms with E-state index in [2.05, 4.69) is 35.9 Å². The van der Waals surface area contributed by atoms with E-state index in [9.17, 15) is 13.2 Å². The van der Waals surface area contributed by atoms with Crippen molar-refractivity contribution in [1.82, 2.24) is 19.4 Å². The molecule has 0 aromatic heterocycles. The molecule has 0 spiro atoms. The summed E-state index contributed by atoms with van der Waals surface area (Å²) in [4.78, 5) is 17.5. The molecule has 1 fully saturated rings. The van der Waals surface area contributed by atoms with E-state index < -0.39 is 10.0 Å². The number of carbonyl (C=O) groups is 1. The predicted octanol–water partition coefficient (Wildman–Crippen LogP) is 1.08. The van der Waals surface area contributed by atoms with Crippen molar-refractivity contribution in [1.29, 1.82) is 0 Å². The largest absolute Gasteiger partial charge is 0.350 e. The molecular formula is C19H32N4O3S. The first-order valence-corrected chi connectivity index (χ1v) is 10.8. The van der Waals surface area contributed by atoms with Crippen molar-refractivity contribution in [3.8, 4) is 0 Å². The van der Waals surface area contributed by atoms with Gasteiger partial charge >= 0.3 is 0 Å². The maximum atomic E-state index is 12.6. The fraction of sp³-hybridized carbons (Fsp3) is 0.632. The van der Waals surface area contributed by atoms with E-state index >= 15 is 0 Å². The van der Waals surface area contributed by atoms with Gasteiger partial charge in [0.2, 0.25) is 10.0 Å². The van der Waals surface area contributed by atoms with Gasteiger partial charge in [-0.2, -0.15) is 0 Å². The van der Waals surface area contributed by atoms with Gasteiger partial charge in [0.1, 0.15) is 0 Å². The Kier molecular flexibility index (Phi) is 7.02. The number of amides is 1. The zero-order valence-corrected chi connectivity index (χ0v) is 17.8. The molecule has 2 rings (SSSR count). The lowest BCUT2D eigenvalue weighted by atomic mass is 10.0. The number of sulfonamides is 1. The van der Waals surface area contributed by atoms with E-state index in [4.69, 9.17) is 0 Å². The average Bonchev–Trinajstić information content (AvgIpc) is 2.66. The molecule has 8 heteroatoms. The SMILES string of the molecule is CCN1CCN(C(C)(C)CNC(=O)c2cccc(S(=O)(=O)N(C)C)c2)CC1. The minimum Gasteiger partial charge on any atom is -0.350 e. The second-order valence-corrected chi connectivity index (χ2v) is 9.88. The fourth-order valence-corrected chi connectivity index (χ4v) is 4.14. The molecule has 0 aliphatic carbocycles. The Morgan fingerprint density at radius 1 is 1.19 bits per heavy atom. The maximum absolute atomic E-state index is 12.6. The highest BCUT2D eigenvalue weighted by atomic mass is 32.2. The van der Waals surface area contributed by atoms with E-state index in [-0.39, 0.29) is 16.3 Å². The number of carbonyl (C=O) groups excluding carboxylic acids is 1. The molecule has 1 aromatic carbocycles. The van der Waals surface area contributed by atoms with Crippen LogP contribution in [0.25, 0.3) is 0 Å². The first kappa shape index (κ1) is 21.8. The summed E-state index contributed by atoms with van der Waals surface area (Å²) < 4.78 is 25.7. The normalized spacial score (nSPS) is 17.3. The highest BCUT2D eigenvalue weighted by Gasteiger charge is 2.30. The number of hydrogen-bond acceptors (Lipinski definition) is 5. The summed E-state index contributed by atoms with van der Waals surface area (Å²) in [7, 11) is -0.611. The van der Waals surface area contributed by atoms with Gasteiger partial charge in [-0.05, 0) is 38.6 Å². The van der Waals surface area contributed by atoms with Crippen molar-refractivity contribution in [3.63, 3.8) is 0 Å². The number of piperazine rings is 1. The van der Waals surface area contributed by atoms with Gasteiger partial charge in [-0.25, -0.2) is 12.7 Å². The highest BCUT2D eigenvalue weighted by molar-refractivity contribution is 7.89. The van der Waals surface area contributed by atoms with Crippen LogP contribution in [0.3, 0.4) is 0 Å². The van der Waals surface area contributed by atoms with Gasteiger partial charge in [0, 0.05) is 57.9 Å². The molecule has 1 aliphatic rings. The predicted molar refractivity (Wildman–Crippen MR) is 107 cm³/mol. The van der Waals surface area contributed by atoms with Crippen LogP contribution in [0.5, 0.6) is 0 Å². The van der Waals surface area contributed by atoms with Crippen LogP contribution in [0.2, 0.25) is 0 Å². The lowest BCUT2D eigenvalue weighted by molar-refractivity contribution is 0.0521. The molecule has 7 nitrogen and oxygen atoms in total. The zero-order chi connectivity index (χ0) is 20.2. The molecule has 1 aliphatic heterocycles. The van der Waals surface area contributed by atoms with Crippen LogP contribution >= 0.6 is 0 Å². The van der Waals surface area contributed by atoms with Crippen LogP contribution in [0, 0.1) is 0 Å². The number of benzene rings is 1. The topological polar surface area (TPSA) is 73.0 Å². The Morgan fingerprint density at radius 3 is 2.37 bits per heavy atom. The van der Waals surface area contributed by atoms with Gasteiger partial charge in [-0.15, -0.1) is 0 Å². The van der Waals surface area contributed by atoms with Crippen molar-refractivity contribution in [3.05, 3.63) is 29.8 Å². The summed E-state index contributed by atoms with van der Waals surface area (Å²) in [6, 6.07) is 6.17. The number of nitrogens with one attached hydrogen (secondary N) is 1. The number of nitrogens with zero attached hydrogens (tertiary/aromatic N) is 3. The Hall–Kier alpha value is -1.48. The van der Waals surface area contributed by atoms with Crippen molar-refractivity contribution >= 4 is 15.9 Å². The minimum absolute atomic E-state index is 0.120. The number of hydrogen-bond donors (Lipinski definition) is 1. The summed E-state index contributed by atoms with van der Waals surface area (Å²) in [6.07, 6.45) is 0. The van der Waals surface area contributed by atoms with Crippen LogP contribution in [-0.2, 0) is 10.0 Å². The van der Waals surface area contributed by atoms with Crippen LogP contribution in [-0.4, -0.2) is 87.3 Å². The van der Waals surface area contributed by atoms with E-state index in [0.717, 1.165) is 37.0 Å². The van der Waals surface area contributed by atoms with E-state index in [0.29, 0.717) is 12.1 Å². The number of likely N-dealkylation sites (N-methyl/N-ethyl adjacent to an activating group) is 1. The molecule has 1 N–H and O–H groups in total. The Balaban J connectivity index is 2.01. The molecule has 1 saturated heterocycles. The molecule has 152 valence electrons. The second kappa shape index (κ2) is 8.68. The van der Waals surface area contributed by atoms with Gasteiger partial charge in [0.15, 0.2) is 0 Å². The molecule has 0 radical (unpaired) electrons.